The second-order valence-electron chi connectivity index (χ2n) is 8.92. The molecule has 0 aliphatic carbocycles. The fraction of sp³-hybridized carbons (Fsp3) is 0.423. The molecular weight excluding hydrogens is 445 g/mol. The molecule has 2 aromatic rings. The van der Waals surface area contributed by atoms with Gasteiger partial charge in [-0.25, -0.2) is 0 Å². The summed E-state index contributed by atoms with van der Waals surface area (Å²) in [5, 5.41) is 25.2. The third kappa shape index (κ3) is 6.82. The van der Waals surface area contributed by atoms with Gasteiger partial charge in [0.2, 0.25) is 5.91 Å². The van der Waals surface area contributed by atoms with Crippen LogP contribution in [-0.4, -0.2) is 28.8 Å². The lowest BCUT2D eigenvalue weighted by molar-refractivity contribution is -0.132. The van der Waals surface area contributed by atoms with Gasteiger partial charge in [-0.2, -0.15) is 0 Å². The minimum atomic E-state index is -0.874. The van der Waals surface area contributed by atoms with Gasteiger partial charge in [0.1, 0.15) is 0 Å². The van der Waals surface area contributed by atoms with Crippen LogP contribution >= 0.6 is 23.2 Å². The molecule has 2 unspecified atom stereocenters. The molecule has 2 aromatic carbocycles. The molecule has 0 bridgehead atoms. The minimum Gasteiger partial charge on any atom is -0.394 e. The molecule has 0 radical (unpaired) electrons. The van der Waals surface area contributed by atoms with Crippen molar-refractivity contribution in [1.82, 2.24) is 5.32 Å². The van der Waals surface area contributed by atoms with Crippen molar-refractivity contribution in [3.05, 3.63) is 82.4 Å². The molecule has 3 N–H and O–H groups in total. The summed E-state index contributed by atoms with van der Waals surface area (Å²) in [6.45, 7) is 9.47. The van der Waals surface area contributed by atoms with Crippen LogP contribution in [0.15, 0.2) is 61.2 Å². The molecule has 0 heterocycles. The van der Waals surface area contributed by atoms with E-state index in [2.05, 4.69) is 11.9 Å². The van der Waals surface area contributed by atoms with Gasteiger partial charge in [-0.15, -0.1) is 6.58 Å². The summed E-state index contributed by atoms with van der Waals surface area (Å²) in [4.78, 5) is 13.4. The summed E-state index contributed by atoms with van der Waals surface area (Å²) in [6.07, 6.45) is 1.61. The Labute approximate surface area is 201 Å². The van der Waals surface area contributed by atoms with E-state index in [0.29, 0.717) is 28.5 Å². The Morgan fingerprint density at radius 1 is 1.12 bits per heavy atom. The van der Waals surface area contributed by atoms with Gasteiger partial charge in [-0.05, 0) is 54.2 Å². The van der Waals surface area contributed by atoms with Gasteiger partial charge >= 0.3 is 0 Å². The first-order chi connectivity index (χ1) is 15.1. The molecule has 6 heteroatoms. The Balaban J connectivity index is 2.44. The van der Waals surface area contributed by atoms with Crippen molar-refractivity contribution in [1.29, 1.82) is 0 Å². The van der Waals surface area contributed by atoms with Gasteiger partial charge in [-0.3, -0.25) is 4.79 Å². The van der Waals surface area contributed by atoms with Crippen molar-refractivity contribution in [3.8, 4) is 0 Å². The molecule has 2 rings (SSSR count). The Morgan fingerprint density at radius 3 is 2.31 bits per heavy atom. The third-order valence-corrected chi connectivity index (χ3v) is 6.49. The van der Waals surface area contributed by atoms with Crippen LogP contribution < -0.4 is 5.32 Å². The topological polar surface area (TPSA) is 69.6 Å². The molecule has 4 nitrogen and oxygen atoms in total. The number of hydrogen-bond donors (Lipinski definition) is 3. The zero-order chi connectivity index (χ0) is 23.9. The Hall–Kier alpha value is -1.85. The molecule has 32 heavy (non-hydrogen) atoms. The van der Waals surface area contributed by atoms with E-state index in [1.54, 1.807) is 36.4 Å². The van der Waals surface area contributed by atoms with Crippen LogP contribution in [0.5, 0.6) is 0 Å². The highest BCUT2D eigenvalue weighted by Crippen LogP contribution is 2.43. The number of carbonyl (C=O) groups excluding carboxylic acids is 1. The zero-order valence-electron chi connectivity index (χ0n) is 18.9. The predicted molar refractivity (Wildman–Crippen MR) is 132 cm³/mol. The Bertz CT molecular complexity index is 900. The maximum absolute atomic E-state index is 13.4. The molecule has 0 saturated heterocycles. The summed E-state index contributed by atoms with van der Waals surface area (Å²) < 4.78 is 0. The Kier molecular flexibility index (Phi) is 9.78. The molecule has 0 aromatic heterocycles. The van der Waals surface area contributed by atoms with Crippen LogP contribution in [0.1, 0.15) is 56.8 Å². The first-order valence-electron chi connectivity index (χ1n) is 10.8. The van der Waals surface area contributed by atoms with E-state index in [1.807, 2.05) is 39.0 Å². The van der Waals surface area contributed by atoms with Crippen molar-refractivity contribution in [2.75, 3.05) is 6.61 Å². The van der Waals surface area contributed by atoms with E-state index in [-0.39, 0.29) is 24.5 Å². The van der Waals surface area contributed by atoms with Crippen LogP contribution in [0.25, 0.3) is 0 Å². The molecule has 1 amide bonds. The summed E-state index contributed by atoms with van der Waals surface area (Å²) in [7, 11) is 0. The molecule has 0 spiro atoms. The highest BCUT2D eigenvalue weighted by Gasteiger charge is 2.39. The Morgan fingerprint density at radius 2 is 1.78 bits per heavy atom. The summed E-state index contributed by atoms with van der Waals surface area (Å²) in [5.74, 6) is -0.502. The maximum Gasteiger partial charge on any atom is 0.226 e. The number of amides is 1. The second-order valence-corrected chi connectivity index (χ2v) is 9.79. The van der Waals surface area contributed by atoms with Crippen molar-refractivity contribution < 1.29 is 15.0 Å². The van der Waals surface area contributed by atoms with Gasteiger partial charge in [-0.1, -0.05) is 74.3 Å². The van der Waals surface area contributed by atoms with E-state index in [9.17, 15) is 15.0 Å². The van der Waals surface area contributed by atoms with Crippen LogP contribution in [0.4, 0.5) is 0 Å². The number of aliphatic hydroxyl groups excluding tert-OH is 2. The number of hydrogen-bond acceptors (Lipinski definition) is 3. The number of aliphatic hydroxyl groups is 2. The molecular formula is C26H33Cl2NO3. The summed E-state index contributed by atoms with van der Waals surface area (Å²) >= 11 is 12.3. The van der Waals surface area contributed by atoms with Crippen molar-refractivity contribution >= 4 is 29.1 Å². The smallest absolute Gasteiger partial charge is 0.226 e. The molecule has 0 aliphatic rings. The molecule has 0 aliphatic heterocycles. The van der Waals surface area contributed by atoms with Crippen molar-refractivity contribution in [2.45, 2.75) is 51.7 Å². The van der Waals surface area contributed by atoms with Crippen LogP contribution in [0, 0.1) is 11.3 Å². The standard InChI is InChI=1S/C26H33Cl2NO3/c1-5-13-26(4,25(32)29-23(16-30)17(2)3)15-22(19-7-6-8-21(28)14-19)24(31)18-9-11-20(27)12-10-18/h5-12,14,17,22-24,30-31H,1,13,15-16H2,2-4H3,(H,29,32)/t22?,23-,24?,26+/m1/s1. The van der Waals surface area contributed by atoms with Gasteiger partial charge < -0.3 is 15.5 Å². The quantitative estimate of drug-likeness (QED) is 0.352. The molecule has 4 atom stereocenters. The van der Waals surface area contributed by atoms with Crippen LogP contribution in [0.2, 0.25) is 10.0 Å². The van der Waals surface area contributed by atoms with Crippen molar-refractivity contribution in [2.24, 2.45) is 11.3 Å². The van der Waals surface area contributed by atoms with E-state index in [0.717, 1.165) is 5.56 Å². The number of nitrogens with one attached hydrogen (secondary N) is 1. The third-order valence-electron chi connectivity index (χ3n) is 6.00. The number of rotatable bonds is 11. The highest BCUT2D eigenvalue weighted by molar-refractivity contribution is 6.30. The zero-order valence-corrected chi connectivity index (χ0v) is 20.4. The first-order valence-corrected chi connectivity index (χ1v) is 11.6. The second kappa shape index (κ2) is 11.9. The average molecular weight is 478 g/mol. The average Bonchev–Trinajstić information content (AvgIpc) is 2.75. The molecule has 0 saturated carbocycles. The fourth-order valence-electron chi connectivity index (χ4n) is 3.88. The summed E-state index contributed by atoms with van der Waals surface area (Å²) in [6, 6.07) is 14.0. The predicted octanol–water partition coefficient (Wildman–Crippen LogP) is 5.92. The highest BCUT2D eigenvalue weighted by atomic mass is 35.5. The largest absolute Gasteiger partial charge is 0.394 e. The van der Waals surface area contributed by atoms with E-state index < -0.39 is 17.4 Å². The molecule has 0 fully saturated rings. The molecule has 174 valence electrons. The van der Waals surface area contributed by atoms with Gasteiger partial charge in [0.05, 0.1) is 24.2 Å². The minimum absolute atomic E-state index is 0.0836. The van der Waals surface area contributed by atoms with E-state index >= 15 is 0 Å². The van der Waals surface area contributed by atoms with Crippen LogP contribution in [-0.2, 0) is 4.79 Å². The lowest BCUT2D eigenvalue weighted by atomic mass is 9.72. The lowest BCUT2D eigenvalue weighted by Gasteiger charge is -2.35. The van der Waals surface area contributed by atoms with Crippen LogP contribution in [0.3, 0.4) is 0 Å². The van der Waals surface area contributed by atoms with Gasteiger partial charge in [0, 0.05) is 16.0 Å². The normalized spacial score (nSPS) is 16.1. The maximum atomic E-state index is 13.4. The van der Waals surface area contributed by atoms with Gasteiger partial charge in [0.25, 0.3) is 0 Å². The van der Waals surface area contributed by atoms with E-state index in [1.165, 1.54) is 0 Å². The monoisotopic (exact) mass is 477 g/mol. The lowest BCUT2D eigenvalue weighted by Crippen LogP contribution is -2.48. The first kappa shape index (κ1) is 26.4. The number of halogens is 2. The fourth-order valence-corrected chi connectivity index (χ4v) is 4.20. The number of allylic oxidation sites excluding steroid dienone is 1. The van der Waals surface area contributed by atoms with Crippen molar-refractivity contribution in [3.63, 3.8) is 0 Å². The number of carbonyl (C=O) groups is 1. The van der Waals surface area contributed by atoms with Gasteiger partial charge in [0.15, 0.2) is 0 Å². The summed E-state index contributed by atoms with van der Waals surface area (Å²) in [5.41, 5.74) is 0.687. The van der Waals surface area contributed by atoms with E-state index in [4.69, 9.17) is 23.2 Å². The SMILES string of the molecule is C=CC[C@@](C)(CC(c1cccc(Cl)c1)C(O)c1ccc(Cl)cc1)C(=O)N[C@H](CO)C(C)C. The number of benzene rings is 2.